The summed E-state index contributed by atoms with van der Waals surface area (Å²) >= 11 is 0. The number of carbonyl (C=O) groups excluding carboxylic acids is 1. The second-order valence-electron chi connectivity index (χ2n) is 7.56. The number of para-hydroxylation sites is 2. The number of rotatable bonds is 9. The number of fused-ring (bicyclic) bond motifs is 1. The number of amides is 1. The zero-order valence-electron chi connectivity index (χ0n) is 17.7. The van der Waals surface area contributed by atoms with Crippen molar-refractivity contribution in [2.75, 3.05) is 44.2 Å². The van der Waals surface area contributed by atoms with Crippen LogP contribution in [-0.2, 0) is 11.3 Å². The molecule has 0 atom stereocenters. The first-order valence-corrected chi connectivity index (χ1v) is 10.9. The van der Waals surface area contributed by atoms with Crippen LogP contribution in [0, 0.1) is 0 Å². The van der Waals surface area contributed by atoms with Gasteiger partial charge in [0.15, 0.2) is 5.82 Å². The van der Waals surface area contributed by atoms with Crippen molar-refractivity contribution >= 4 is 22.8 Å². The van der Waals surface area contributed by atoms with Gasteiger partial charge in [0.25, 0.3) is 5.56 Å². The predicted octanol–water partition coefficient (Wildman–Crippen LogP) is 2.23. The molecule has 0 aliphatic carbocycles. The summed E-state index contributed by atoms with van der Waals surface area (Å²) in [7, 11) is 0. The van der Waals surface area contributed by atoms with E-state index in [-0.39, 0.29) is 17.9 Å². The van der Waals surface area contributed by atoms with Crippen molar-refractivity contribution in [2.24, 2.45) is 0 Å². The van der Waals surface area contributed by atoms with Crippen LogP contribution in [0.4, 0.5) is 5.82 Å². The Balaban J connectivity index is 1.73. The summed E-state index contributed by atoms with van der Waals surface area (Å²) < 4.78 is 1.72. The number of hydrogen-bond acceptors (Lipinski definition) is 5. The monoisotopic (exact) mass is 399 g/mol. The summed E-state index contributed by atoms with van der Waals surface area (Å²) in [5.41, 5.74) is 1.49. The van der Waals surface area contributed by atoms with Crippen molar-refractivity contribution in [2.45, 2.75) is 46.1 Å². The van der Waals surface area contributed by atoms with Gasteiger partial charge in [-0.3, -0.25) is 9.59 Å². The summed E-state index contributed by atoms with van der Waals surface area (Å²) in [6.07, 6.45) is 3.66. The molecule has 29 heavy (non-hydrogen) atoms. The average molecular weight is 400 g/mol. The van der Waals surface area contributed by atoms with Gasteiger partial charge < -0.3 is 19.7 Å². The van der Waals surface area contributed by atoms with E-state index < -0.39 is 0 Å². The van der Waals surface area contributed by atoms with Gasteiger partial charge in [-0.25, -0.2) is 4.98 Å². The van der Waals surface area contributed by atoms with E-state index in [1.54, 1.807) is 4.57 Å². The van der Waals surface area contributed by atoms with Gasteiger partial charge in [0.05, 0.1) is 11.0 Å². The zero-order chi connectivity index (χ0) is 20.6. The molecule has 1 aromatic heterocycles. The summed E-state index contributed by atoms with van der Waals surface area (Å²) in [5, 5.41) is 2.98. The van der Waals surface area contributed by atoms with Gasteiger partial charge in [0.2, 0.25) is 5.91 Å². The van der Waals surface area contributed by atoms with Crippen LogP contribution in [0.15, 0.2) is 29.1 Å². The summed E-state index contributed by atoms with van der Waals surface area (Å²) in [6, 6.07) is 7.68. The fourth-order valence-electron chi connectivity index (χ4n) is 3.91. The number of carbonyl (C=O) groups is 1. The minimum Gasteiger partial charge on any atom is -0.355 e. The molecular weight excluding hydrogens is 366 g/mol. The van der Waals surface area contributed by atoms with Gasteiger partial charge in [0, 0.05) is 39.1 Å². The summed E-state index contributed by atoms with van der Waals surface area (Å²) in [5.74, 6) is 0.495. The predicted molar refractivity (Wildman–Crippen MR) is 117 cm³/mol. The molecule has 7 heteroatoms. The van der Waals surface area contributed by atoms with Crippen molar-refractivity contribution in [3.05, 3.63) is 34.6 Å². The Morgan fingerprint density at radius 2 is 1.86 bits per heavy atom. The van der Waals surface area contributed by atoms with E-state index >= 15 is 0 Å². The molecule has 0 bridgehead atoms. The maximum atomic E-state index is 13.2. The Hall–Kier alpha value is -2.41. The molecule has 0 radical (unpaired) electrons. The zero-order valence-corrected chi connectivity index (χ0v) is 17.7. The van der Waals surface area contributed by atoms with Crippen LogP contribution in [0.2, 0.25) is 0 Å². The third-order valence-electron chi connectivity index (χ3n) is 5.70. The lowest BCUT2D eigenvalue weighted by Gasteiger charge is -2.27. The number of nitrogens with zero attached hydrogens (tertiary/aromatic N) is 4. The van der Waals surface area contributed by atoms with E-state index in [9.17, 15) is 9.59 Å². The number of nitrogens with one attached hydrogen (secondary N) is 1. The van der Waals surface area contributed by atoms with Crippen LogP contribution in [0.3, 0.4) is 0 Å². The molecule has 1 fully saturated rings. The van der Waals surface area contributed by atoms with Crippen molar-refractivity contribution < 1.29 is 4.79 Å². The van der Waals surface area contributed by atoms with Gasteiger partial charge >= 0.3 is 0 Å². The second-order valence-corrected chi connectivity index (χ2v) is 7.56. The van der Waals surface area contributed by atoms with Crippen LogP contribution in [0.1, 0.15) is 39.5 Å². The normalized spacial score (nSPS) is 14.5. The van der Waals surface area contributed by atoms with Gasteiger partial charge in [-0.05, 0) is 44.5 Å². The molecule has 0 spiro atoms. The van der Waals surface area contributed by atoms with Gasteiger partial charge in [-0.1, -0.05) is 26.0 Å². The van der Waals surface area contributed by atoms with Crippen LogP contribution in [0.5, 0.6) is 0 Å². The number of aryl methyl sites for hydroxylation is 1. The van der Waals surface area contributed by atoms with E-state index in [1.165, 1.54) is 6.42 Å². The number of anilines is 1. The van der Waals surface area contributed by atoms with Crippen LogP contribution >= 0.6 is 0 Å². The summed E-state index contributed by atoms with van der Waals surface area (Å²) in [4.78, 5) is 34.6. The van der Waals surface area contributed by atoms with E-state index in [2.05, 4.69) is 33.9 Å². The maximum absolute atomic E-state index is 13.2. The molecule has 1 amide bonds. The average Bonchev–Trinajstić information content (AvgIpc) is 2.76. The lowest BCUT2D eigenvalue weighted by molar-refractivity contribution is -0.121. The van der Waals surface area contributed by atoms with Gasteiger partial charge in [-0.2, -0.15) is 0 Å². The highest BCUT2D eigenvalue weighted by molar-refractivity contribution is 5.78. The molecule has 7 nitrogen and oxygen atoms in total. The number of piperidine rings is 1. The van der Waals surface area contributed by atoms with Crippen molar-refractivity contribution in [3.63, 3.8) is 0 Å². The van der Waals surface area contributed by atoms with Gasteiger partial charge in [0.1, 0.15) is 0 Å². The molecule has 0 saturated carbocycles. The molecule has 1 saturated heterocycles. The smallest absolute Gasteiger partial charge is 0.294 e. The van der Waals surface area contributed by atoms with Crippen molar-refractivity contribution in [1.29, 1.82) is 0 Å². The molecule has 1 aliphatic rings. The first-order chi connectivity index (χ1) is 14.1. The molecular formula is C22H33N5O2. The van der Waals surface area contributed by atoms with E-state index in [4.69, 9.17) is 0 Å². The molecule has 2 aromatic rings. The van der Waals surface area contributed by atoms with Crippen molar-refractivity contribution in [1.82, 2.24) is 19.8 Å². The molecule has 1 aliphatic heterocycles. The first-order valence-electron chi connectivity index (χ1n) is 10.9. The maximum Gasteiger partial charge on any atom is 0.294 e. The quantitative estimate of drug-likeness (QED) is 0.700. The number of hydrogen-bond donors (Lipinski definition) is 1. The van der Waals surface area contributed by atoms with E-state index in [0.29, 0.717) is 18.9 Å². The highest BCUT2D eigenvalue weighted by Gasteiger charge is 2.19. The Morgan fingerprint density at radius 1 is 1.14 bits per heavy atom. The van der Waals surface area contributed by atoms with Crippen LogP contribution in [0.25, 0.3) is 11.0 Å². The highest BCUT2D eigenvalue weighted by atomic mass is 16.2. The number of benzene rings is 1. The van der Waals surface area contributed by atoms with Crippen molar-refractivity contribution in [3.8, 4) is 0 Å². The molecule has 2 heterocycles. The third-order valence-corrected chi connectivity index (χ3v) is 5.70. The fourth-order valence-corrected chi connectivity index (χ4v) is 3.91. The summed E-state index contributed by atoms with van der Waals surface area (Å²) in [6.45, 7) is 9.76. The Kier molecular flexibility index (Phi) is 7.63. The molecule has 1 N–H and O–H groups in total. The van der Waals surface area contributed by atoms with E-state index in [1.807, 2.05) is 24.3 Å². The second kappa shape index (κ2) is 10.4. The molecule has 158 valence electrons. The Labute approximate surface area is 172 Å². The standard InChI is InChI=1S/C22H33N5O2/c1-3-25(4-2)17-13-23-20(28)12-16-27-19-11-7-6-10-18(19)24-21(22(27)29)26-14-8-5-9-15-26/h6-7,10-11H,3-5,8-9,12-17H2,1-2H3,(H,23,28). The number of likely N-dealkylation sites (N-methyl/N-ethyl adjacent to an activating group) is 1. The lowest BCUT2D eigenvalue weighted by atomic mass is 10.1. The largest absolute Gasteiger partial charge is 0.355 e. The molecule has 1 aromatic carbocycles. The fraction of sp³-hybridized carbons (Fsp3) is 0.591. The Bertz CT molecular complexity index is 869. The van der Waals surface area contributed by atoms with E-state index in [0.717, 1.165) is 56.6 Å². The Morgan fingerprint density at radius 3 is 2.59 bits per heavy atom. The topological polar surface area (TPSA) is 70.5 Å². The van der Waals surface area contributed by atoms with Crippen LogP contribution in [-0.4, -0.2) is 59.6 Å². The lowest BCUT2D eigenvalue weighted by Crippen LogP contribution is -2.38. The highest BCUT2D eigenvalue weighted by Crippen LogP contribution is 2.18. The first kappa shape index (κ1) is 21.3. The minimum absolute atomic E-state index is 0.0236. The van der Waals surface area contributed by atoms with Gasteiger partial charge in [-0.15, -0.1) is 0 Å². The molecule has 3 rings (SSSR count). The SMILES string of the molecule is CCN(CC)CCNC(=O)CCn1c(=O)c(N2CCCCC2)nc2ccccc21. The molecule has 0 unspecified atom stereocenters. The minimum atomic E-state index is -0.0958. The van der Waals surface area contributed by atoms with Crippen LogP contribution < -0.4 is 15.8 Å². The third kappa shape index (κ3) is 5.35. The number of aromatic nitrogens is 2.